The van der Waals surface area contributed by atoms with Crippen LogP contribution in [0.2, 0.25) is 0 Å². The summed E-state index contributed by atoms with van der Waals surface area (Å²) in [5.74, 6) is 1.67. The van der Waals surface area contributed by atoms with Crippen molar-refractivity contribution in [2.45, 2.75) is 6.42 Å². The Morgan fingerprint density at radius 1 is 1.24 bits per heavy atom. The van der Waals surface area contributed by atoms with Gasteiger partial charge in [0.05, 0.1) is 26.9 Å². The van der Waals surface area contributed by atoms with Crippen LogP contribution in [0.4, 0.5) is 0 Å². The lowest BCUT2D eigenvalue weighted by Crippen LogP contribution is -2.30. The average Bonchev–Trinajstić information content (AvgIpc) is 3.04. The first-order chi connectivity index (χ1) is 10.2. The molecule has 116 valence electrons. The SMILES string of the molecule is COc1ccc(C(=O)NCC2CCNC2)c(OC)c1OC. The zero-order chi connectivity index (χ0) is 15.2. The molecule has 1 aliphatic rings. The molecular weight excluding hydrogens is 272 g/mol. The molecule has 1 fully saturated rings. The molecule has 1 aromatic rings. The number of ether oxygens (including phenoxy) is 3. The van der Waals surface area contributed by atoms with Crippen molar-refractivity contribution in [3.63, 3.8) is 0 Å². The van der Waals surface area contributed by atoms with Crippen molar-refractivity contribution >= 4 is 5.91 Å². The third-order valence-electron chi connectivity index (χ3n) is 3.66. The zero-order valence-electron chi connectivity index (χ0n) is 12.7. The van der Waals surface area contributed by atoms with Crippen LogP contribution in [-0.4, -0.2) is 46.9 Å². The van der Waals surface area contributed by atoms with Crippen molar-refractivity contribution in [1.82, 2.24) is 10.6 Å². The number of hydrogen-bond acceptors (Lipinski definition) is 5. The average molecular weight is 294 g/mol. The standard InChI is InChI=1S/C15H22N2O4/c1-19-12-5-4-11(13(20-2)14(12)21-3)15(18)17-9-10-6-7-16-8-10/h4-5,10,16H,6-9H2,1-3H3,(H,17,18). The molecule has 0 aromatic heterocycles. The molecule has 0 saturated carbocycles. The van der Waals surface area contributed by atoms with Crippen molar-refractivity contribution < 1.29 is 19.0 Å². The van der Waals surface area contributed by atoms with Crippen molar-refractivity contribution in [3.05, 3.63) is 17.7 Å². The summed E-state index contributed by atoms with van der Waals surface area (Å²) < 4.78 is 15.8. The molecule has 0 spiro atoms. The van der Waals surface area contributed by atoms with Crippen LogP contribution in [0.15, 0.2) is 12.1 Å². The Kier molecular flexibility index (Phi) is 5.27. The Labute approximate surface area is 124 Å². The van der Waals surface area contributed by atoms with E-state index in [9.17, 15) is 4.79 Å². The number of nitrogens with one attached hydrogen (secondary N) is 2. The number of methoxy groups -OCH3 is 3. The molecule has 6 heteroatoms. The summed E-state index contributed by atoms with van der Waals surface area (Å²) in [6.07, 6.45) is 1.09. The fourth-order valence-electron chi connectivity index (χ4n) is 2.50. The van der Waals surface area contributed by atoms with Crippen LogP contribution in [0, 0.1) is 5.92 Å². The van der Waals surface area contributed by atoms with Crippen molar-refractivity contribution in [3.8, 4) is 17.2 Å². The van der Waals surface area contributed by atoms with E-state index in [4.69, 9.17) is 14.2 Å². The quantitative estimate of drug-likeness (QED) is 0.821. The first-order valence-electron chi connectivity index (χ1n) is 6.99. The Morgan fingerprint density at radius 3 is 2.57 bits per heavy atom. The summed E-state index contributed by atoms with van der Waals surface area (Å²) in [6, 6.07) is 3.38. The monoisotopic (exact) mass is 294 g/mol. The maximum absolute atomic E-state index is 12.3. The minimum Gasteiger partial charge on any atom is -0.493 e. The molecule has 0 radical (unpaired) electrons. The number of rotatable bonds is 6. The predicted molar refractivity (Wildman–Crippen MR) is 79.4 cm³/mol. The van der Waals surface area contributed by atoms with Gasteiger partial charge in [-0.3, -0.25) is 4.79 Å². The van der Waals surface area contributed by atoms with E-state index in [1.54, 1.807) is 19.2 Å². The van der Waals surface area contributed by atoms with E-state index in [0.717, 1.165) is 19.5 Å². The highest BCUT2D eigenvalue weighted by atomic mass is 16.5. The van der Waals surface area contributed by atoms with E-state index in [2.05, 4.69) is 10.6 Å². The molecule has 1 saturated heterocycles. The lowest BCUT2D eigenvalue weighted by Gasteiger charge is -2.16. The van der Waals surface area contributed by atoms with E-state index in [1.165, 1.54) is 14.2 Å². The summed E-state index contributed by atoms with van der Waals surface area (Å²) in [5, 5.41) is 6.23. The highest BCUT2D eigenvalue weighted by molar-refractivity contribution is 5.98. The summed E-state index contributed by atoms with van der Waals surface area (Å²) in [7, 11) is 4.57. The lowest BCUT2D eigenvalue weighted by atomic mass is 10.1. The van der Waals surface area contributed by atoms with E-state index in [1.807, 2.05) is 0 Å². The molecule has 1 amide bonds. The van der Waals surface area contributed by atoms with Gasteiger partial charge < -0.3 is 24.8 Å². The summed E-state index contributed by atoms with van der Waals surface area (Å²) in [6.45, 7) is 2.62. The van der Waals surface area contributed by atoms with Crippen molar-refractivity contribution in [2.24, 2.45) is 5.92 Å². The largest absolute Gasteiger partial charge is 0.493 e. The summed E-state index contributed by atoms with van der Waals surface area (Å²) in [5.41, 5.74) is 0.445. The molecule has 6 nitrogen and oxygen atoms in total. The van der Waals surface area contributed by atoms with Crippen LogP contribution >= 0.6 is 0 Å². The molecule has 1 heterocycles. The number of benzene rings is 1. The van der Waals surface area contributed by atoms with Gasteiger partial charge in [-0.15, -0.1) is 0 Å². The van der Waals surface area contributed by atoms with Crippen LogP contribution in [0.5, 0.6) is 17.2 Å². The molecule has 21 heavy (non-hydrogen) atoms. The molecule has 0 aliphatic carbocycles. The highest BCUT2D eigenvalue weighted by Gasteiger charge is 2.22. The lowest BCUT2D eigenvalue weighted by molar-refractivity contribution is 0.0944. The molecule has 2 rings (SSSR count). The van der Waals surface area contributed by atoms with Crippen LogP contribution in [0.3, 0.4) is 0 Å². The van der Waals surface area contributed by atoms with E-state index in [-0.39, 0.29) is 5.91 Å². The molecule has 1 aliphatic heterocycles. The van der Waals surface area contributed by atoms with Gasteiger partial charge in [0.25, 0.3) is 5.91 Å². The fourth-order valence-corrected chi connectivity index (χ4v) is 2.50. The Morgan fingerprint density at radius 2 is 2.00 bits per heavy atom. The highest BCUT2D eigenvalue weighted by Crippen LogP contribution is 2.39. The van der Waals surface area contributed by atoms with Crippen LogP contribution in [-0.2, 0) is 0 Å². The van der Waals surface area contributed by atoms with Gasteiger partial charge in [0.15, 0.2) is 11.5 Å². The second-order valence-electron chi connectivity index (χ2n) is 4.95. The van der Waals surface area contributed by atoms with E-state index in [0.29, 0.717) is 35.3 Å². The van der Waals surface area contributed by atoms with Gasteiger partial charge in [-0.05, 0) is 37.6 Å². The van der Waals surface area contributed by atoms with Gasteiger partial charge >= 0.3 is 0 Å². The Balaban J connectivity index is 2.15. The Hall–Kier alpha value is -1.95. The van der Waals surface area contributed by atoms with Gasteiger partial charge in [0.2, 0.25) is 5.75 Å². The maximum Gasteiger partial charge on any atom is 0.255 e. The second kappa shape index (κ2) is 7.17. The molecule has 2 N–H and O–H groups in total. The third-order valence-corrected chi connectivity index (χ3v) is 3.66. The summed E-state index contributed by atoms with van der Waals surface area (Å²) >= 11 is 0. The number of amides is 1. The number of hydrogen-bond donors (Lipinski definition) is 2. The van der Waals surface area contributed by atoms with Gasteiger partial charge in [-0.25, -0.2) is 0 Å². The van der Waals surface area contributed by atoms with Crippen LogP contribution < -0.4 is 24.8 Å². The van der Waals surface area contributed by atoms with E-state index >= 15 is 0 Å². The van der Waals surface area contributed by atoms with Gasteiger partial charge in [0.1, 0.15) is 0 Å². The normalized spacial score (nSPS) is 17.4. The molecule has 1 aromatic carbocycles. The maximum atomic E-state index is 12.3. The Bertz CT molecular complexity index is 499. The number of carbonyl (C=O) groups excluding carboxylic acids is 1. The first kappa shape index (κ1) is 15.4. The number of carbonyl (C=O) groups is 1. The summed E-state index contributed by atoms with van der Waals surface area (Å²) in [4.78, 5) is 12.3. The predicted octanol–water partition coefficient (Wildman–Crippen LogP) is 1.05. The van der Waals surface area contributed by atoms with Crippen LogP contribution in [0.1, 0.15) is 16.8 Å². The van der Waals surface area contributed by atoms with Gasteiger partial charge in [0, 0.05) is 6.54 Å². The first-order valence-corrected chi connectivity index (χ1v) is 6.99. The zero-order valence-corrected chi connectivity index (χ0v) is 12.7. The topological polar surface area (TPSA) is 68.8 Å². The smallest absolute Gasteiger partial charge is 0.255 e. The van der Waals surface area contributed by atoms with Gasteiger partial charge in [-0.1, -0.05) is 0 Å². The molecule has 1 unspecified atom stereocenters. The second-order valence-corrected chi connectivity index (χ2v) is 4.95. The van der Waals surface area contributed by atoms with Gasteiger partial charge in [-0.2, -0.15) is 0 Å². The third kappa shape index (κ3) is 3.39. The molecular formula is C15H22N2O4. The molecule has 0 bridgehead atoms. The van der Waals surface area contributed by atoms with E-state index < -0.39 is 0 Å². The van der Waals surface area contributed by atoms with Crippen LogP contribution in [0.25, 0.3) is 0 Å². The van der Waals surface area contributed by atoms with Crippen molar-refractivity contribution in [1.29, 1.82) is 0 Å². The molecule has 1 atom stereocenters. The fraction of sp³-hybridized carbons (Fsp3) is 0.533. The minimum atomic E-state index is -0.167. The van der Waals surface area contributed by atoms with Crippen molar-refractivity contribution in [2.75, 3.05) is 41.0 Å². The minimum absolute atomic E-state index is 0.167.